The SMILES string of the molecule is C[Si](C)(C)C(c1cc(C([Si](C)(C)C)([Si](C)(C)C)[Si](C)(C)C)cc(C([Si](C)(C)C)[Si](C)(C)C)[c]1[Sb])[Si](C)(C)C.C[Si](C)(C)C(c1cc(C([Si](C)(C)C)([Si](C)(C)C)[Si](C)(C)C)cc(C([Si](C)(C)C)[Si](C)(C)C)[c]1[Sb])[Si](C)(C)C.C[Si](C)(C)C(c1cc(C([Si](C)(C)C)([Si](C)(C)C)[Si](C)(C)C)cc(C([Si](C)(C)C)[Si](C)(C)C)[c]1[Sb])[Si](C)(C)C.[Se].[Se].[Se]. The van der Waals surface area contributed by atoms with E-state index in [9.17, 15) is 0 Å². The Bertz CT molecular complexity index is 3010. The predicted octanol–water partition coefficient (Wildman–Crippen LogP) is 28.9. The molecular formula is C90H201Sb3Se3Si21. The Labute approximate surface area is 831 Å². The van der Waals surface area contributed by atoms with Gasteiger partial charge in [0.2, 0.25) is 0 Å². The van der Waals surface area contributed by atoms with Crippen LogP contribution in [0.5, 0.6) is 0 Å². The van der Waals surface area contributed by atoms with Gasteiger partial charge in [0.25, 0.3) is 0 Å². The molecule has 0 saturated carbocycles. The van der Waals surface area contributed by atoms with E-state index in [1.807, 2.05) is 50.1 Å². The van der Waals surface area contributed by atoms with Crippen LogP contribution in [0.2, 0.25) is 412 Å². The van der Waals surface area contributed by atoms with Crippen LogP contribution in [-0.4, -0.2) is 290 Å². The summed E-state index contributed by atoms with van der Waals surface area (Å²) in [4.78, 5) is 0. The van der Waals surface area contributed by atoms with Crippen LogP contribution in [0.3, 0.4) is 0 Å². The van der Waals surface area contributed by atoms with Crippen LogP contribution in [0.1, 0.15) is 81.1 Å². The maximum absolute atomic E-state index is 2.90. The molecule has 0 spiro atoms. The third-order valence-corrected chi connectivity index (χ3v) is 151. The molecule has 0 heterocycles. The van der Waals surface area contributed by atoms with Crippen molar-refractivity contribution in [3.8, 4) is 0 Å². The van der Waals surface area contributed by atoms with Gasteiger partial charge in [-0.2, -0.15) is 0 Å². The summed E-state index contributed by atoms with van der Waals surface area (Å²) in [5.41, 5.74) is 16.4. The summed E-state index contributed by atoms with van der Waals surface area (Å²) in [7, 11) is -31.6. The van der Waals surface area contributed by atoms with E-state index in [2.05, 4.69) is 518 Å². The van der Waals surface area contributed by atoms with Crippen molar-refractivity contribution in [2.45, 2.75) is 456 Å². The van der Waals surface area contributed by atoms with E-state index in [1.165, 1.54) is 0 Å². The van der Waals surface area contributed by atoms with Gasteiger partial charge < -0.3 is 0 Å². The van der Waals surface area contributed by atoms with Crippen molar-refractivity contribution in [2.75, 3.05) is 0 Å². The van der Waals surface area contributed by atoms with Gasteiger partial charge in [0, 0.05) is 51.2 Å². The van der Waals surface area contributed by atoms with Gasteiger partial charge in [-0.3, -0.25) is 0 Å². The molecule has 3 aromatic carbocycles. The fraction of sp³-hybridized carbons (Fsp3) is 0.800. The summed E-state index contributed by atoms with van der Waals surface area (Å²) in [6.07, 6.45) is 0. The average Bonchev–Trinajstić information content (AvgIpc) is 0.706. The molecule has 12 radical (unpaired) electrons. The molecule has 0 atom stereocenters. The minimum Gasteiger partial charge on any atom is 0 e. The Kier molecular flexibility index (Phi) is 44.2. The summed E-state index contributed by atoms with van der Waals surface area (Å²) in [5.74, 6) is 0. The molecule has 0 bridgehead atoms. The summed E-state index contributed by atoms with van der Waals surface area (Å²) in [5, 5.41) is 4.83. The molecule has 117 heavy (non-hydrogen) atoms. The van der Waals surface area contributed by atoms with E-state index in [0.717, 1.165) is 31.0 Å². The van der Waals surface area contributed by atoms with Crippen molar-refractivity contribution in [1.82, 2.24) is 0 Å². The quantitative estimate of drug-likeness (QED) is 0.0584. The Morgan fingerprint density at radius 3 is 0.274 bits per heavy atom. The van der Waals surface area contributed by atoms with Gasteiger partial charge in [-0.25, -0.2) is 0 Å². The van der Waals surface area contributed by atoms with Gasteiger partial charge in [0.1, 0.15) is 0 Å². The second-order valence-corrected chi connectivity index (χ2v) is 182. The second-order valence-electron chi connectivity index (χ2n) is 59.5. The first-order chi connectivity index (χ1) is 48.7. The van der Waals surface area contributed by atoms with Crippen LogP contribution >= 0.6 is 0 Å². The summed E-state index contributed by atoms with van der Waals surface area (Å²) in [6.45, 7) is 170. The smallest absolute Gasteiger partial charge is 0 e. The molecule has 678 valence electrons. The average molecular weight is 2480 g/mol. The normalized spacial score (nSPS) is 15.2. The first-order valence-electron chi connectivity index (χ1n) is 45.3. The molecule has 3 aromatic rings. The van der Waals surface area contributed by atoms with Crippen LogP contribution in [0.4, 0.5) is 0 Å². The van der Waals surface area contributed by atoms with E-state index in [0.29, 0.717) is 12.9 Å². The number of hydrogen-bond acceptors (Lipinski definition) is 0. The molecule has 0 aliphatic carbocycles. The largest absolute Gasteiger partial charge is 0 e. The fourth-order valence-corrected chi connectivity index (χ4v) is 205. The van der Waals surface area contributed by atoms with Crippen LogP contribution in [0.25, 0.3) is 0 Å². The van der Waals surface area contributed by atoms with E-state index < -0.39 is 170 Å². The molecule has 27 heteroatoms. The molecule has 0 aliphatic rings. The van der Waals surface area contributed by atoms with Crippen molar-refractivity contribution in [3.63, 3.8) is 0 Å². The first-order valence-corrected chi connectivity index (χ1v) is 124. The van der Waals surface area contributed by atoms with Crippen molar-refractivity contribution >= 4 is 300 Å². The summed E-state index contributed by atoms with van der Waals surface area (Å²) in [6, 6.07) is 17.4. The molecular weight excluding hydrogens is 2270 g/mol. The minimum absolute atomic E-state index is 0. The molecule has 0 unspecified atom stereocenters. The van der Waals surface area contributed by atoms with Gasteiger partial charge in [0.15, 0.2) is 0 Å². The van der Waals surface area contributed by atoms with E-state index in [4.69, 9.17) is 0 Å². The predicted molar refractivity (Wildman–Crippen MR) is 624 cm³/mol. The van der Waals surface area contributed by atoms with Crippen molar-refractivity contribution in [1.29, 1.82) is 0 Å². The standard InChI is InChI=1S/3C30H67Si7.3Sb.3Se/c3*1-31(2,3)28(32(4,5)6)25-22-26(29(33(7,8)9)34(10,11)12)24-27(23-25)30(35(13,14)15,36(16,17)18)37(19,20)21;;;;;;/h3*23-24,28-29H,1-21H3;;;;;;. The van der Waals surface area contributed by atoms with Crippen molar-refractivity contribution in [2.24, 2.45) is 0 Å². The van der Waals surface area contributed by atoms with Gasteiger partial charge in [-0.05, 0) is 0 Å². The summed E-state index contributed by atoms with van der Waals surface area (Å²) < 4.78 is 6.56. The summed E-state index contributed by atoms with van der Waals surface area (Å²) >= 11 is 6.20. The van der Waals surface area contributed by atoms with E-state index in [-0.39, 0.29) is 51.2 Å². The Morgan fingerprint density at radius 2 is 0.222 bits per heavy atom. The van der Waals surface area contributed by atoms with Gasteiger partial charge in [0.05, 0.1) is 0 Å². The van der Waals surface area contributed by atoms with Gasteiger partial charge in [-0.15, -0.1) is 0 Å². The Morgan fingerprint density at radius 1 is 0.154 bits per heavy atom. The maximum atomic E-state index is 2.90. The topological polar surface area (TPSA) is 0 Å². The number of hydrogen-bond donors (Lipinski definition) is 0. The number of benzene rings is 3. The molecule has 0 aromatic heterocycles. The Balaban J connectivity index is -0.00000165. The third kappa shape index (κ3) is 28.4. The zero-order valence-corrected chi connectivity index (χ0v) is 124. The zero-order chi connectivity index (χ0) is 92.6. The molecule has 3 rings (SSSR count). The molecule has 0 saturated heterocycles. The fourth-order valence-electron chi connectivity index (χ4n) is 31.4. The molecule has 0 N–H and O–H groups in total. The number of rotatable bonds is 30. The first kappa shape index (κ1) is 127. The third-order valence-electron chi connectivity index (χ3n) is 27.2. The monoisotopic (exact) mass is 2470 g/mol. The molecule has 0 fully saturated rings. The van der Waals surface area contributed by atoms with Crippen molar-refractivity contribution < 1.29 is 0 Å². The second kappa shape index (κ2) is 40.6. The van der Waals surface area contributed by atoms with Gasteiger partial charge in [-0.1, -0.05) is 0 Å². The van der Waals surface area contributed by atoms with Gasteiger partial charge >= 0.3 is 792 Å². The van der Waals surface area contributed by atoms with Crippen molar-refractivity contribution in [3.05, 3.63) is 86.5 Å². The molecule has 0 amide bonds. The van der Waals surface area contributed by atoms with E-state index in [1.54, 1.807) is 10.5 Å². The van der Waals surface area contributed by atoms with Crippen LogP contribution in [0.15, 0.2) is 36.4 Å². The van der Waals surface area contributed by atoms with Crippen LogP contribution < -0.4 is 10.5 Å². The van der Waals surface area contributed by atoms with Crippen LogP contribution in [-0.2, 0) is 12.9 Å². The Hall–Kier alpha value is 6.23. The minimum atomic E-state index is -1.59. The maximum Gasteiger partial charge on any atom is 0 e. The zero-order valence-electron chi connectivity index (χ0n) is 90.5. The van der Waals surface area contributed by atoms with E-state index >= 15 is 0 Å². The molecule has 0 nitrogen and oxygen atoms in total. The van der Waals surface area contributed by atoms with Crippen LogP contribution in [0, 0.1) is 0 Å². The molecule has 0 aliphatic heterocycles.